The summed E-state index contributed by atoms with van der Waals surface area (Å²) in [7, 11) is 1.67. The van der Waals surface area contributed by atoms with E-state index in [0.717, 1.165) is 22.7 Å². The first-order valence-corrected chi connectivity index (χ1v) is 8.50. The molecule has 1 atom stereocenters. The van der Waals surface area contributed by atoms with Crippen LogP contribution in [0.3, 0.4) is 0 Å². The number of aromatic nitrogens is 1. The van der Waals surface area contributed by atoms with E-state index in [9.17, 15) is 0 Å². The first kappa shape index (κ1) is 15.8. The number of para-hydroxylation sites is 1. The van der Waals surface area contributed by atoms with Gasteiger partial charge in [0.25, 0.3) is 0 Å². The van der Waals surface area contributed by atoms with Gasteiger partial charge in [-0.05, 0) is 36.8 Å². The van der Waals surface area contributed by atoms with Crippen molar-refractivity contribution in [3.8, 4) is 5.75 Å². The lowest BCUT2D eigenvalue weighted by atomic mass is 10.1. The molecule has 128 valence electrons. The van der Waals surface area contributed by atoms with Crippen molar-refractivity contribution in [2.45, 2.75) is 19.6 Å². The Kier molecular flexibility index (Phi) is 4.20. The summed E-state index contributed by atoms with van der Waals surface area (Å²) < 4.78 is 19.4. The lowest BCUT2D eigenvalue weighted by Gasteiger charge is -2.26. The monoisotopic (exact) mass is 335 g/mol. The van der Waals surface area contributed by atoms with Gasteiger partial charge in [0.05, 0.1) is 18.3 Å². The van der Waals surface area contributed by atoms with Crippen LogP contribution in [0, 0.1) is 0 Å². The Labute approximate surface area is 147 Å². The first-order chi connectivity index (χ1) is 12.3. The van der Waals surface area contributed by atoms with E-state index < -0.39 is 0 Å². The van der Waals surface area contributed by atoms with Gasteiger partial charge in [-0.25, -0.2) is 0 Å². The number of hydrogen-bond donors (Lipinski definition) is 0. The smallest absolute Gasteiger partial charge is 0.241 e. The van der Waals surface area contributed by atoms with Crippen LogP contribution in [-0.4, -0.2) is 18.3 Å². The van der Waals surface area contributed by atoms with Gasteiger partial charge in [0.15, 0.2) is 0 Å². The van der Waals surface area contributed by atoms with E-state index in [1.54, 1.807) is 7.11 Å². The highest BCUT2D eigenvalue weighted by atomic mass is 16.7. The molecule has 4 nitrogen and oxygen atoms in total. The van der Waals surface area contributed by atoms with Crippen molar-refractivity contribution in [2.75, 3.05) is 13.7 Å². The van der Waals surface area contributed by atoms with E-state index >= 15 is 0 Å². The molecule has 0 bridgehead atoms. The molecule has 0 spiro atoms. The summed E-state index contributed by atoms with van der Waals surface area (Å²) in [6.07, 6.45) is 2.40. The van der Waals surface area contributed by atoms with Crippen LogP contribution in [0.25, 0.3) is 17.1 Å². The minimum atomic E-state index is -0.379. The molecule has 0 fully saturated rings. The van der Waals surface area contributed by atoms with Crippen LogP contribution >= 0.6 is 0 Å². The number of allylic oxidation sites excluding steroid dienone is 1. The fraction of sp³-hybridized carbons (Fsp3) is 0.238. The lowest BCUT2D eigenvalue weighted by Crippen LogP contribution is -2.17. The number of nitrogens with zero attached hydrogens (tertiary/aromatic N) is 1. The van der Waals surface area contributed by atoms with Crippen molar-refractivity contribution in [2.24, 2.45) is 0 Å². The zero-order chi connectivity index (χ0) is 17.2. The van der Waals surface area contributed by atoms with Gasteiger partial charge < -0.3 is 18.8 Å². The zero-order valence-corrected chi connectivity index (χ0v) is 14.4. The maximum atomic E-state index is 6.13. The van der Waals surface area contributed by atoms with Crippen LogP contribution in [0.5, 0.6) is 5.75 Å². The molecule has 1 unspecified atom stereocenters. The number of fused-ring (bicyclic) bond motifs is 3. The molecule has 0 aliphatic carbocycles. The summed E-state index contributed by atoms with van der Waals surface area (Å²) in [5.41, 5.74) is 3.36. The summed E-state index contributed by atoms with van der Waals surface area (Å²) in [5.74, 6) is 1.74. The quantitative estimate of drug-likeness (QED) is 0.674. The predicted molar refractivity (Wildman–Crippen MR) is 98.4 cm³/mol. The molecular formula is C21H21NO3. The standard InChI is InChI=1S/C21H21NO3/c1-3-24-21-20-13-16-6-4-5-7-19(16)22(20)14-18(25-21)12-15-8-10-17(23-2)11-9-15/h4-11,13-14,21H,3,12H2,1-2H3. The van der Waals surface area contributed by atoms with Gasteiger partial charge in [-0.1, -0.05) is 30.3 Å². The van der Waals surface area contributed by atoms with Crippen LogP contribution in [0.1, 0.15) is 24.5 Å². The minimum absolute atomic E-state index is 0.379. The predicted octanol–water partition coefficient (Wildman–Crippen LogP) is 4.76. The Morgan fingerprint density at radius 2 is 1.88 bits per heavy atom. The van der Waals surface area contributed by atoms with Gasteiger partial charge in [0, 0.05) is 24.6 Å². The molecule has 4 heteroatoms. The minimum Gasteiger partial charge on any atom is -0.497 e. The van der Waals surface area contributed by atoms with Crippen LogP contribution in [-0.2, 0) is 15.9 Å². The lowest BCUT2D eigenvalue weighted by molar-refractivity contribution is -0.123. The molecule has 0 N–H and O–H groups in total. The van der Waals surface area contributed by atoms with Gasteiger partial charge in [0.2, 0.25) is 6.29 Å². The van der Waals surface area contributed by atoms with Gasteiger partial charge in [-0.15, -0.1) is 0 Å². The average Bonchev–Trinajstić information content (AvgIpc) is 3.02. The number of ether oxygens (including phenoxy) is 3. The highest BCUT2D eigenvalue weighted by Gasteiger charge is 2.25. The van der Waals surface area contributed by atoms with Crippen molar-refractivity contribution < 1.29 is 14.2 Å². The van der Waals surface area contributed by atoms with Crippen molar-refractivity contribution in [1.82, 2.24) is 4.57 Å². The van der Waals surface area contributed by atoms with Gasteiger partial charge in [-0.3, -0.25) is 0 Å². The molecule has 1 aromatic heterocycles. The molecule has 0 amide bonds. The summed E-state index contributed by atoms with van der Waals surface area (Å²) >= 11 is 0. The molecule has 0 radical (unpaired) electrons. The van der Waals surface area contributed by atoms with Crippen LogP contribution in [0.4, 0.5) is 0 Å². The summed E-state index contributed by atoms with van der Waals surface area (Å²) in [5, 5.41) is 1.19. The second-order valence-corrected chi connectivity index (χ2v) is 6.02. The first-order valence-electron chi connectivity index (χ1n) is 8.50. The largest absolute Gasteiger partial charge is 0.497 e. The summed E-state index contributed by atoms with van der Waals surface area (Å²) in [4.78, 5) is 0. The normalized spacial score (nSPS) is 16.2. The Balaban J connectivity index is 1.70. The molecule has 25 heavy (non-hydrogen) atoms. The summed E-state index contributed by atoms with van der Waals surface area (Å²) in [6.45, 7) is 2.58. The van der Waals surface area contributed by atoms with Crippen molar-refractivity contribution >= 4 is 17.1 Å². The van der Waals surface area contributed by atoms with Crippen LogP contribution in [0.15, 0.2) is 60.4 Å². The third kappa shape index (κ3) is 3.01. The number of hydrogen-bond acceptors (Lipinski definition) is 3. The molecule has 0 saturated carbocycles. The van der Waals surface area contributed by atoms with Gasteiger partial charge in [-0.2, -0.15) is 0 Å². The molecule has 2 aromatic carbocycles. The highest BCUT2D eigenvalue weighted by molar-refractivity contribution is 5.83. The number of methoxy groups -OCH3 is 1. The van der Waals surface area contributed by atoms with Crippen LogP contribution in [0.2, 0.25) is 0 Å². The van der Waals surface area contributed by atoms with E-state index in [-0.39, 0.29) is 6.29 Å². The number of rotatable bonds is 5. The van der Waals surface area contributed by atoms with E-state index in [1.807, 2.05) is 25.1 Å². The second-order valence-electron chi connectivity index (χ2n) is 6.02. The van der Waals surface area contributed by atoms with E-state index in [4.69, 9.17) is 14.2 Å². The molecule has 0 saturated heterocycles. The average molecular weight is 335 g/mol. The van der Waals surface area contributed by atoms with Gasteiger partial charge in [0.1, 0.15) is 11.5 Å². The molecule has 1 aliphatic rings. The highest BCUT2D eigenvalue weighted by Crippen LogP contribution is 2.34. The zero-order valence-electron chi connectivity index (χ0n) is 14.4. The molecule has 3 aromatic rings. The Morgan fingerprint density at radius 3 is 2.64 bits per heavy atom. The van der Waals surface area contributed by atoms with E-state index in [2.05, 4.69) is 47.2 Å². The topological polar surface area (TPSA) is 32.6 Å². The van der Waals surface area contributed by atoms with Crippen molar-refractivity contribution in [3.63, 3.8) is 0 Å². The fourth-order valence-electron chi connectivity index (χ4n) is 3.20. The molecular weight excluding hydrogens is 314 g/mol. The Bertz CT molecular complexity index is 909. The third-order valence-electron chi connectivity index (χ3n) is 4.41. The second kappa shape index (κ2) is 6.65. The van der Waals surface area contributed by atoms with Gasteiger partial charge >= 0.3 is 0 Å². The van der Waals surface area contributed by atoms with Crippen LogP contribution < -0.4 is 4.74 Å². The fourth-order valence-corrected chi connectivity index (χ4v) is 3.20. The molecule has 4 rings (SSSR count). The maximum Gasteiger partial charge on any atom is 0.241 e. The Morgan fingerprint density at radius 1 is 1.08 bits per heavy atom. The van der Waals surface area contributed by atoms with Crippen molar-refractivity contribution in [1.29, 1.82) is 0 Å². The molecule has 1 aliphatic heterocycles. The summed E-state index contributed by atoms with van der Waals surface area (Å²) in [6, 6.07) is 18.5. The number of benzene rings is 2. The SMILES string of the molecule is CCOC1OC(Cc2ccc(OC)cc2)=Cn2c1cc1ccccc12. The third-order valence-corrected chi connectivity index (χ3v) is 4.41. The van der Waals surface area contributed by atoms with E-state index in [0.29, 0.717) is 13.0 Å². The molecule has 2 heterocycles. The maximum absolute atomic E-state index is 6.13. The van der Waals surface area contributed by atoms with E-state index in [1.165, 1.54) is 10.9 Å². The Hall–Kier alpha value is -2.72. The van der Waals surface area contributed by atoms with Crippen molar-refractivity contribution in [3.05, 3.63) is 71.6 Å².